The second-order valence-electron chi connectivity index (χ2n) is 5.73. The normalized spacial score (nSPS) is 11.8. The van der Waals surface area contributed by atoms with Crippen LogP contribution in [0.1, 0.15) is 36.6 Å². The number of nitrogens with one attached hydrogen (secondary N) is 1. The molecule has 0 radical (unpaired) electrons. The van der Waals surface area contributed by atoms with E-state index >= 15 is 0 Å². The van der Waals surface area contributed by atoms with Crippen molar-refractivity contribution in [2.45, 2.75) is 32.1 Å². The molecule has 24 heavy (non-hydrogen) atoms. The van der Waals surface area contributed by atoms with E-state index in [1.165, 1.54) is 11.1 Å². The molecule has 128 valence electrons. The SMILES string of the molecule is CCc1ccc([C@@H](C)NC(=O)CSCc2ccc(OC)cc2)cc1. The van der Waals surface area contributed by atoms with Gasteiger partial charge in [-0.1, -0.05) is 43.3 Å². The molecule has 0 aliphatic heterocycles. The molecule has 0 aromatic heterocycles. The summed E-state index contributed by atoms with van der Waals surface area (Å²) in [5.74, 6) is 2.20. The fourth-order valence-electron chi connectivity index (χ4n) is 2.39. The molecule has 0 aliphatic rings. The highest BCUT2D eigenvalue weighted by atomic mass is 32.2. The molecular weight excluding hydrogens is 318 g/mol. The number of carbonyl (C=O) groups is 1. The van der Waals surface area contributed by atoms with Gasteiger partial charge in [0.1, 0.15) is 5.75 Å². The second kappa shape index (κ2) is 9.38. The molecule has 1 N–H and O–H groups in total. The quantitative estimate of drug-likeness (QED) is 0.773. The summed E-state index contributed by atoms with van der Waals surface area (Å²) in [6.07, 6.45) is 1.03. The third-order valence-electron chi connectivity index (χ3n) is 3.93. The van der Waals surface area contributed by atoms with Crippen LogP contribution in [0.2, 0.25) is 0 Å². The topological polar surface area (TPSA) is 38.3 Å². The van der Waals surface area contributed by atoms with Crippen molar-refractivity contribution in [3.05, 3.63) is 65.2 Å². The molecule has 0 unspecified atom stereocenters. The zero-order valence-electron chi connectivity index (χ0n) is 14.5. The van der Waals surface area contributed by atoms with Crippen LogP contribution in [0.5, 0.6) is 5.75 Å². The molecule has 2 rings (SSSR count). The summed E-state index contributed by atoms with van der Waals surface area (Å²) in [6.45, 7) is 4.16. The largest absolute Gasteiger partial charge is 0.497 e. The number of benzene rings is 2. The Morgan fingerprint density at radius 2 is 1.71 bits per heavy atom. The Hall–Kier alpha value is -1.94. The van der Waals surface area contributed by atoms with E-state index < -0.39 is 0 Å². The van der Waals surface area contributed by atoms with Crippen LogP contribution in [0.15, 0.2) is 48.5 Å². The Kier molecular flexibility index (Phi) is 7.19. The summed E-state index contributed by atoms with van der Waals surface area (Å²) in [7, 11) is 1.66. The van der Waals surface area contributed by atoms with Gasteiger partial charge in [0.15, 0.2) is 0 Å². The zero-order valence-corrected chi connectivity index (χ0v) is 15.4. The number of rotatable bonds is 8. The van der Waals surface area contributed by atoms with Gasteiger partial charge in [-0.15, -0.1) is 11.8 Å². The van der Waals surface area contributed by atoms with Gasteiger partial charge in [0.25, 0.3) is 0 Å². The maximum absolute atomic E-state index is 12.1. The van der Waals surface area contributed by atoms with Gasteiger partial charge in [-0.2, -0.15) is 0 Å². The fourth-order valence-corrected chi connectivity index (χ4v) is 3.19. The van der Waals surface area contributed by atoms with E-state index in [2.05, 4.69) is 36.5 Å². The van der Waals surface area contributed by atoms with Gasteiger partial charge in [-0.05, 0) is 42.2 Å². The highest BCUT2D eigenvalue weighted by Crippen LogP contribution is 2.17. The van der Waals surface area contributed by atoms with Crippen LogP contribution in [0.4, 0.5) is 0 Å². The van der Waals surface area contributed by atoms with Crippen molar-refractivity contribution in [2.24, 2.45) is 0 Å². The molecule has 1 atom stereocenters. The first-order chi connectivity index (χ1) is 11.6. The van der Waals surface area contributed by atoms with E-state index in [1.807, 2.05) is 31.2 Å². The van der Waals surface area contributed by atoms with Crippen LogP contribution < -0.4 is 10.1 Å². The van der Waals surface area contributed by atoms with Crippen LogP contribution in [0.25, 0.3) is 0 Å². The number of ether oxygens (including phenoxy) is 1. The summed E-state index contributed by atoms with van der Waals surface area (Å²) in [6, 6.07) is 16.4. The van der Waals surface area contributed by atoms with E-state index in [-0.39, 0.29) is 11.9 Å². The van der Waals surface area contributed by atoms with Gasteiger partial charge in [-0.25, -0.2) is 0 Å². The van der Waals surface area contributed by atoms with Gasteiger partial charge in [-0.3, -0.25) is 4.79 Å². The van der Waals surface area contributed by atoms with Gasteiger partial charge in [0.2, 0.25) is 5.91 Å². The lowest BCUT2D eigenvalue weighted by atomic mass is 10.1. The van der Waals surface area contributed by atoms with E-state index in [0.717, 1.165) is 23.5 Å². The van der Waals surface area contributed by atoms with E-state index in [4.69, 9.17) is 4.74 Å². The van der Waals surface area contributed by atoms with Crippen LogP contribution in [-0.4, -0.2) is 18.8 Å². The predicted molar refractivity (Wildman–Crippen MR) is 102 cm³/mol. The number of carbonyl (C=O) groups excluding carboxylic acids is 1. The lowest BCUT2D eigenvalue weighted by Gasteiger charge is -2.14. The van der Waals surface area contributed by atoms with Gasteiger partial charge < -0.3 is 10.1 Å². The molecule has 0 aliphatic carbocycles. The Bertz CT molecular complexity index is 638. The van der Waals surface area contributed by atoms with Crippen molar-refractivity contribution in [1.29, 1.82) is 0 Å². The maximum atomic E-state index is 12.1. The molecular formula is C20H25NO2S. The summed E-state index contributed by atoms with van der Waals surface area (Å²) in [4.78, 5) is 12.1. The highest BCUT2D eigenvalue weighted by molar-refractivity contribution is 7.99. The average molecular weight is 343 g/mol. The monoisotopic (exact) mass is 343 g/mol. The van der Waals surface area contributed by atoms with Crippen molar-refractivity contribution in [1.82, 2.24) is 5.32 Å². The van der Waals surface area contributed by atoms with Crippen molar-refractivity contribution in [3.8, 4) is 5.75 Å². The standard InChI is InChI=1S/C20H25NO2S/c1-4-16-5-9-18(10-6-16)15(2)21-20(22)14-24-13-17-7-11-19(23-3)12-8-17/h5-12,15H,4,13-14H2,1-3H3,(H,21,22)/t15-/m1/s1. The predicted octanol–water partition coefficient (Wildman–Crippen LogP) is 4.37. The highest BCUT2D eigenvalue weighted by Gasteiger charge is 2.09. The molecule has 2 aromatic rings. The van der Waals surface area contributed by atoms with Crippen molar-refractivity contribution < 1.29 is 9.53 Å². The van der Waals surface area contributed by atoms with E-state index in [0.29, 0.717) is 5.75 Å². The van der Waals surface area contributed by atoms with Gasteiger partial charge in [0.05, 0.1) is 18.9 Å². The zero-order chi connectivity index (χ0) is 17.4. The number of hydrogen-bond acceptors (Lipinski definition) is 3. The number of aryl methyl sites for hydroxylation is 1. The van der Waals surface area contributed by atoms with Gasteiger partial charge >= 0.3 is 0 Å². The molecule has 1 amide bonds. The van der Waals surface area contributed by atoms with Gasteiger partial charge in [0, 0.05) is 5.75 Å². The number of thioether (sulfide) groups is 1. The molecule has 4 heteroatoms. The van der Waals surface area contributed by atoms with Crippen LogP contribution in [-0.2, 0) is 17.0 Å². The van der Waals surface area contributed by atoms with E-state index in [9.17, 15) is 4.79 Å². The first kappa shape index (κ1) is 18.4. The molecule has 3 nitrogen and oxygen atoms in total. The molecule has 0 saturated carbocycles. The number of hydrogen-bond donors (Lipinski definition) is 1. The van der Waals surface area contributed by atoms with Crippen LogP contribution in [0.3, 0.4) is 0 Å². The Labute approximate surface area is 148 Å². The summed E-state index contributed by atoms with van der Waals surface area (Å²) in [5, 5.41) is 3.06. The molecule has 0 saturated heterocycles. The molecule has 0 spiro atoms. The van der Waals surface area contributed by atoms with Crippen molar-refractivity contribution in [3.63, 3.8) is 0 Å². The molecule has 0 heterocycles. The first-order valence-electron chi connectivity index (χ1n) is 8.21. The minimum Gasteiger partial charge on any atom is -0.497 e. The Balaban J connectivity index is 1.75. The van der Waals surface area contributed by atoms with Crippen molar-refractivity contribution in [2.75, 3.05) is 12.9 Å². The Morgan fingerprint density at radius 3 is 2.29 bits per heavy atom. The summed E-state index contributed by atoms with van der Waals surface area (Å²) >= 11 is 1.62. The molecule has 2 aromatic carbocycles. The molecule has 0 bridgehead atoms. The van der Waals surface area contributed by atoms with E-state index in [1.54, 1.807) is 18.9 Å². The first-order valence-corrected chi connectivity index (χ1v) is 9.36. The van der Waals surface area contributed by atoms with Crippen molar-refractivity contribution >= 4 is 17.7 Å². The average Bonchev–Trinajstić information content (AvgIpc) is 2.62. The summed E-state index contributed by atoms with van der Waals surface area (Å²) in [5.41, 5.74) is 3.64. The third-order valence-corrected chi connectivity index (χ3v) is 4.93. The minimum absolute atomic E-state index is 0.0324. The maximum Gasteiger partial charge on any atom is 0.230 e. The number of amides is 1. The second-order valence-corrected chi connectivity index (χ2v) is 6.71. The van der Waals surface area contributed by atoms with Crippen LogP contribution >= 0.6 is 11.8 Å². The molecule has 0 fully saturated rings. The Morgan fingerprint density at radius 1 is 1.08 bits per heavy atom. The third kappa shape index (κ3) is 5.60. The lowest BCUT2D eigenvalue weighted by molar-refractivity contribution is -0.119. The fraction of sp³-hybridized carbons (Fsp3) is 0.350. The van der Waals surface area contributed by atoms with Crippen LogP contribution in [0, 0.1) is 0 Å². The smallest absolute Gasteiger partial charge is 0.230 e. The minimum atomic E-state index is 0.0324. The lowest BCUT2D eigenvalue weighted by Crippen LogP contribution is -2.28. The number of methoxy groups -OCH3 is 1. The summed E-state index contributed by atoms with van der Waals surface area (Å²) < 4.78 is 5.14.